The molecular weight excluding hydrogens is 432 g/mol. The molecule has 3 N–H and O–H groups in total. The van der Waals surface area contributed by atoms with Crippen LogP contribution >= 0.6 is 11.6 Å². The Morgan fingerprint density at radius 2 is 1.69 bits per heavy atom. The number of anilines is 2. The smallest absolute Gasteiger partial charge is 0.293 e. The van der Waals surface area contributed by atoms with Crippen LogP contribution in [0.2, 0.25) is 5.02 Å². The zero-order valence-corrected chi connectivity index (χ0v) is 17.9. The molecule has 8 nitrogen and oxygen atoms in total. The van der Waals surface area contributed by atoms with Crippen molar-refractivity contribution in [2.24, 2.45) is 0 Å². The molecule has 3 aromatic carbocycles. The van der Waals surface area contributed by atoms with E-state index in [0.29, 0.717) is 17.3 Å². The van der Waals surface area contributed by atoms with Gasteiger partial charge in [0, 0.05) is 23.3 Å². The second-order valence-electron chi connectivity index (χ2n) is 6.99. The number of nitrogens with one attached hydrogen (secondary N) is 3. The molecule has 0 heterocycles. The summed E-state index contributed by atoms with van der Waals surface area (Å²) < 4.78 is 0. The van der Waals surface area contributed by atoms with Gasteiger partial charge in [-0.25, -0.2) is 0 Å². The molecular formula is C23H21ClN4O4. The highest BCUT2D eigenvalue weighted by atomic mass is 35.5. The first-order chi connectivity index (χ1) is 15.3. The Morgan fingerprint density at radius 1 is 1.00 bits per heavy atom. The first-order valence-corrected chi connectivity index (χ1v) is 10.2. The van der Waals surface area contributed by atoms with Crippen molar-refractivity contribution in [3.8, 4) is 0 Å². The van der Waals surface area contributed by atoms with E-state index >= 15 is 0 Å². The number of nitrogens with zero attached hydrogens (tertiary/aromatic N) is 1. The Labute approximate surface area is 189 Å². The van der Waals surface area contributed by atoms with Gasteiger partial charge in [-0.1, -0.05) is 48.0 Å². The van der Waals surface area contributed by atoms with Gasteiger partial charge in [-0.2, -0.15) is 0 Å². The monoisotopic (exact) mass is 452 g/mol. The molecule has 0 aliphatic carbocycles. The number of carbonyl (C=O) groups excluding carboxylic acids is 2. The van der Waals surface area contributed by atoms with E-state index in [0.717, 1.165) is 5.56 Å². The van der Waals surface area contributed by atoms with Gasteiger partial charge in [0.1, 0.15) is 11.7 Å². The van der Waals surface area contributed by atoms with E-state index < -0.39 is 22.8 Å². The van der Waals surface area contributed by atoms with Crippen LogP contribution in [0.3, 0.4) is 0 Å². The highest BCUT2D eigenvalue weighted by Gasteiger charge is 2.24. The molecule has 2 amide bonds. The Balaban J connectivity index is 1.75. The SMILES string of the molecule is C[C@H](NC(=O)c1cccc([N+](=O)[O-])c1NCc1ccccc1)C(=O)Nc1ccc(Cl)cc1. The molecule has 0 aliphatic heterocycles. The molecule has 0 unspecified atom stereocenters. The maximum atomic E-state index is 12.9. The number of nitro groups is 1. The molecule has 0 radical (unpaired) electrons. The van der Waals surface area contributed by atoms with Crippen LogP contribution in [0.4, 0.5) is 17.1 Å². The van der Waals surface area contributed by atoms with Crippen molar-refractivity contribution >= 4 is 40.5 Å². The molecule has 32 heavy (non-hydrogen) atoms. The van der Waals surface area contributed by atoms with Gasteiger partial charge in [0.15, 0.2) is 0 Å². The first kappa shape index (κ1) is 22.8. The lowest BCUT2D eigenvalue weighted by Gasteiger charge is -2.16. The second-order valence-corrected chi connectivity index (χ2v) is 7.42. The minimum atomic E-state index is -0.889. The van der Waals surface area contributed by atoms with Gasteiger partial charge in [0.05, 0.1) is 10.5 Å². The number of hydrogen-bond donors (Lipinski definition) is 3. The summed E-state index contributed by atoms with van der Waals surface area (Å²) in [5.41, 5.74) is 1.35. The number of halogens is 1. The highest BCUT2D eigenvalue weighted by Crippen LogP contribution is 2.29. The predicted octanol–water partition coefficient (Wildman–Crippen LogP) is 4.62. The molecule has 164 valence electrons. The molecule has 0 saturated carbocycles. The lowest BCUT2D eigenvalue weighted by molar-refractivity contribution is -0.384. The molecule has 3 rings (SSSR count). The summed E-state index contributed by atoms with van der Waals surface area (Å²) in [5, 5.41) is 20.3. The fraction of sp³-hybridized carbons (Fsp3) is 0.130. The van der Waals surface area contributed by atoms with Crippen LogP contribution in [-0.2, 0) is 11.3 Å². The number of carbonyl (C=O) groups is 2. The van der Waals surface area contributed by atoms with E-state index in [9.17, 15) is 19.7 Å². The van der Waals surface area contributed by atoms with E-state index in [-0.39, 0.29) is 16.9 Å². The Kier molecular flexibility index (Phi) is 7.41. The minimum absolute atomic E-state index is 0.0706. The summed E-state index contributed by atoms with van der Waals surface area (Å²) in [6.07, 6.45) is 0. The number of para-hydroxylation sites is 1. The molecule has 3 aromatic rings. The van der Waals surface area contributed by atoms with Crippen molar-refractivity contribution in [2.75, 3.05) is 10.6 Å². The third-order valence-electron chi connectivity index (χ3n) is 4.65. The zero-order chi connectivity index (χ0) is 23.1. The first-order valence-electron chi connectivity index (χ1n) is 9.77. The molecule has 9 heteroatoms. The third kappa shape index (κ3) is 5.83. The average molecular weight is 453 g/mol. The molecule has 0 saturated heterocycles. The second kappa shape index (κ2) is 10.4. The molecule has 1 atom stereocenters. The van der Waals surface area contributed by atoms with Crippen LogP contribution in [0, 0.1) is 10.1 Å². The molecule has 0 spiro atoms. The fourth-order valence-electron chi connectivity index (χ4n) is 2.98. The largest absolute Gasteiger partial charge is 0.375 e. The summed E-state index contributed by atoms with van der Waals surface area (Å²) in [4.78, 5) is 36.3. The van der Waals surface area contributed by atoms with E-state index in [1.807, 2.05) is 30.3 Å². The van der Waals surface area contributed by atoms with Gasteiger partial charge >= 0.3 is 0 Å². The minimum Gasteiger partial charge on any atom is -0.375 e. The number of benzene rings is 3. The fourth-order valence-corrected chi connectivity index (χ4v) is 3.10. The van der Waals surface area contributed by atoms with Crippen LogP contribution in [0.15, 0.2) is 72.8 Å². The Hall–Kier alpha value is -3.91. The summed E-state index contributed by atoms with van der Waals surface area (Å²) in [7, 11) is 0. The predicted molar refractivity (Wildman–Crippen MR) is 124 cm³/mol. The average Bonchev–Trinajstić information content (AvgIpc) is 2.79. The topological polar surface area (TPSA) is 113 Å². The van der Waals surface area contributed by atoms with Crippen molar-refractivity contribution < 1.29 is 14.5 Å². The molecule has 0 fully saturated rings. The van der Waals surface area contributed by atoms with Crippen LogP contribution in [-0.4, -0.2) is 22.8 Å². The van der Waals surface area contributed by atoms with E-state index in [4.69, 9.17) is 11.6 Å². The van der Waals surface area contributed by atoms with E-state index in [1.165, 1.54) is 25.1 Å². The summed E-state index contributed by atoms with van der Waals surface area (Å²) in [6, 6.07) is 19.2. The normalized spacial score (nSPS) is 11.3. The van der Waals surface area contributed by atoms with E-state index in [1.54, 1.807) is 24.3 Å². The van der Waals surface area contributed by atoms with Crippen molar-refractivity contribution in [2.45, 2.75) is 19.5 Å². The van der Waals surface area contributed by atoms with Crippen LogP contribution in [0.1, 0.15) is 22.8 Å². The molecule has 0 aliphatic rings. The van der Waals surface area contributed by atoms with Gasteiger partial charge < -0.3 is 16.0 Å². The maximum Gasteiger partial charge on any atom is 0.293 e. The lowest BCUT2D eigenvalue weighted by atomic mass is 10.1. The van der Waals surface area contributed by atoms with Crippen molar-refractivity contribution in [3.63, 3.8) is 0 Å². The molecule has 0 bridgehead atoms. The van der Waals surface area contributed by atoms with E-state index in [2.05, 4.69) is 16.0 Å². The van der Waals surface area contributed by atoms with Crippen LogP contribution in [0.5, 0.6) is 0 Å². The van der Waals surface area contributed by atoms with Gasteiger partial charge in [-0.15, -0.1) is 0 Å². The number of hydrogen-bond acceptors (Lipinski definition) is 5. The van der Waals surface area contributed by atoms with Gasteiger partial charge in [0.2, 0.25) is 5.91 Å². The highest BCUT2D eigenvalue weighted by molar-refractivity contribution is 6.30. The quantitative estimate of drug-likeness (QED) is 0.341. The lowest BCUT2D eigenvalue weighted by Crippen LogP contribution is -2.41. The van der Waals surface area contributed by atoms with Gasteiger partial charge in [-0.05, 0) is 42.8 Å². The van der Waals surface area contributed by atoms with Crippen LogP contribution < -0.4 is 16.0 Å². The number of nitro benzene ring substituents is 1. The van der Waals surface area contributed by atoms with Crippen LogP contribution in [0.25, 0.3) is 0 Å². The summed E-state index contributed by atoms with van der Waals surface area (Å²) in [6.45, 7) is 1.82. The molecule has 0 aromatic heterocycles. The standard InChI is InChI=1S/C23H21ClN4O4/c1-15(22(29)27-18-12-10-17(24)11-13-18)26-23(30)19-8-5-9-20(28(31)32)21(19)25-14-16-6-3-2-4-7-16/h2-13,15,25H,14H2,1H3,(H,26,30)(H,27,29)/t15-/m0/s1. The number of amides is 2. The Morgan fingerprint density at radius 3 is 2.34 bits per heavy atom. The Bertz CT molecular complexity index is 1120. The van der Waals surface area contributed by atoms with Crippen molar-refractivity contribution in [1.29, 1.82) is 0 Å². The maximum absolute atomic E-state index is 12.9. The summed E-state index contributed by atoms with van der Waals surface area (Å²) >= 11 is 5.84. The van der Waals surface area contributed by atoms with Gasteiger partial charge in [-0.3, -0.25) is 19.7 Å². The summed E-state index contributed by atoms with van der Waals surface area (Å²) in [5.74, 6) is -1.05. The zero-order valence-electron chi connectivity index (χ0n) is 17.2. The number of rotatable bonds is 8. The van der Waals surface area contributed by atoms with Crippen molar-refractivity contribution in [1.82, 2.24) is 5.32 Å². The third-order valence-corrected chi connectivity index (χ3v) is 4.90. The van der Waals surface area contributed by atoms with Gasteiger partial charge in [0.25, 0.3) is 11.6 Å². The van der Waals surface area contributed by atoms with Crippen molar-refractivity contribution in [3.05, 3.63) is 99.1 Å².